The van der Waals surface area contributed by atoms with E-state index in [0.717, 1.165) is 41.7 Å². The van der Waals surface area contributed by atoms with Crippen molar-refractivity contribution in [2.75, 3.05) is 10.5 Å². The first kappa shape index (κ1) is 21.1. The summed E-state index contributed by atoms with van der Waals surface area (Å²) in [7, 11) is -2.18. The van der Waals surface area contributed by atoms with Crippen LogP contribution in [0.2, 0.25) is 0 Å². The van der Waals surface area contributed by atoms with Crippen LogP contribution < -0.4 is 16.0 Å². The maximum Gasteiger partial charge on any atom is 0.416 e. The highest BCUT2D eigenvalue weighted by Crippen LogP contribution is 2.36. The van der Waals surface area contributed by atoms with Gasteiger partial charge in [0.05, 0.1) is 11.3 Å². The van der Waals surface area contributed by atoms with Gasteiger partial charge < -0.3 is 4.57 Å². The number of rotatable bonds is 5. The van der Waals surface area contributed by atoms with Crippen molar-refractivity contribution in [2.24, 2.45) is 14.1 Å². The Kier molecular flexibility index (Phi) is 5.80. The lowest BCUT2D eigenvalue weighted by Gasteiger charge is -2.15. The standard InChI is InChI=1S/C15H16F3N3O4S2/c1-4-26-11-6-5-9(15(16,17)18)7-10(11)19-27(24,25)12-8-20(2)14(23)21(3)13(12)22/h5-8,19H,4H2,1-3H3. The molecule has 12 heteroatoms. The van der Waals surface area contributed by atoms with E-state index in [1.807, 2.05) is 4.72 Å². The summed E-state index contributed by atoms with van der Waals surface area (Å²) in [6, 6.07) is 2.68. The number of nitrogens with one attached hydrogen (secondary N) is 1. The Morgan fingerprint density at radius 3 is 2.37 bits per heavy atom. The number of aromatic nitrogens is 2. The molecule has 148 valence electrons. The Bertz CT molecular complexity index is 1090. The van der Waals surface area contributed by atoms with E-state index >= 15 is 0 Å². The molecule has 0 atom stereocenters. The first-order valence-electron chi connectivity index (χ1n) is 7.52. The second-order valence-electron chi connectivity index (χ2n) is 5.50. The van der Waals surface area contributed by atoms with Crippen molar-refractivity contribution in [2.45, 2.75) is 22.9 Å². The molecule has 0 unspecified atom stereocenters. The SMILES string of the molecule is CCSc1ccc(C(F)(F)F)cc1NS(=O)(=O)c1cn(C)c(=O)n(C)c1=O. The van der Waals surface area contributed by atoms with E-state index in [0.29, 0.717) is 16.4 Å². The molecule has 0 fully saturated rings. The van der Waals surface area contributed by atoms with Gasteiger partial charge in [0.1, 0.15) is 0 Å². The predicted molar refractivity (Wildman–Crippen MR) is 95.6 cm³/mol. The van der Waals surface area contributed by atoms with Crippen LogP contribution in [-0.4, -0.2) is 23.3 Å². The van der Waals surface area contributed by atoms with Crippen molar-refractivity contribution in [1.82, 2.24) is 9.13 Å². The molecule has 1 heterocycles. The van der Waals surface area contributed by atoms with Gasteiger partial charge in [-0.2, -0.15) is 13.2 Å². The molecule has 27 heavy (non-hydrogen) atoms. The van der Waals surface area contributed by atoms with Crippen LogP contribution in [-0.2, 0) is 30.3 Å². The molecule has 1 aromatic heterocycles. The minimum atomic E-state index is -4.66. The number of benzene rings is 1. The fraction of sp³-hybridized carbons (Fsp3) is 0.333. The number of thioether (sulfide) groups is 1. The zero-order chi connectivity index (χ0) is 20.6. The molecule has 7 nitrogen and oxygen atoms in total. The molecule has 0 radical (unpaired) electrons. The fourth-order valence-corrected chi connectivity index (χ4v) is 4.26. The summed E-state index contributed by atoms with van der Waals surface area (Å²) in [6.07, 6.45) is -3.84. The summed E-state index contributed by atoms with van der Waals surface area (Å²) in [5.41, 5.74) is -3.15. The lowest BCUT2D eigenvalue weighted by Crippen LogP contribution is -2.40. The summed E-state index contributed by atoms with van der Waals surface area (Å²) in [4.78, 5) is 23.4. The van der Waals surface area contributed by atoms with Crippen LogP contribution in [0.1, 0.15) is 12.5 Å². The van der Waals surface area contributed by atoms with Crippen molar-refractivity contribution in [1.29, 1.82) is 0 Å². The first-order chi connectivity index (χ1) is 12.4. The topological polar surface area (TPSA) is 90.2 Å². The zero-order valence-electron chi connectivity index (χ0n) is 14.5. The molecule has 2 rings (SSSR count). The normalized spacial score (nSPS) is 12.2. The highest BCUT2D eigenvalue weighted by Gasteiger charge is 2.32. The number of alkyl halides is 3. The third-order valence-corrected chi connectivity index (χ3v) is 5.86. The Hall–Kier alpha value is -2.21. The molecular weight excluding hydrogens is 407 g/mol. The molecular formula is C15H16F3N3O4S2. The lowest BCUT2D eigenvalue weighted by atomic mass is 10.2. The van der Waals surface area contributed by atoms with Crippen molar-refractivity contribution in [3.05, 3.63) is 50.8 Å². The number of aryl methyl sites for hydroxylation is 1. The molecule has 0 saturated carbocycles. The van der Waals surface area contributed by atoms with Gasteiger partial charge in [-0.25, -0.2) is 13.2 Å². The maximum atomic E-state index is 13.0. The second kappa shape index (κ2) is 7.43. The minimum Gasteiger partial charge on any atom is -0.302 e. The van der Waals surface area contributed by atoms with Gasteiger partial charge in [-0.1, -0.05) is 6.92 Å². The Balaban J connectivity index is 2.61. The van der Waals surface area contributed by atoms with Crippen molar-refractivity contribution in [3.63, 3.8) is 0 Å². The fourth-order valence-electron chi connectivity index (χ4n) is 2.23. The van der Waals surface area contributed by atoms with Gasteiger partial charge in [0.2, 0.25) is 0 Å². The Labute approximate surface area is 156 Å². The monoisotopic (exact) mass is 423 g/mol. The third-order valence-electron chi connectivity index (χ3n) is 3.56. The van der Waals surface area contributed by atoms with Gasteiger partial charge >= 0.3 is 11.9 Å². The summed E-state index contributed by atoms with van der Waals surface area (Å²) in [6.45, 7) is 1.75. The number of anilines is 1. The second-order valence-corrected chi connectivity index (χ2v) is 8.45. The first-order valence-corrected chi connectivity index (χ1v) is 9.99. The van der Waals surface area contributed by atoms with Crippen LogP contribution in [0.5, 0.6) is 0 Å². The average molecular weight is 423 g/mol. The van der Waals surface area contributed by atoms with Gasteiger partial charge in [0.15, 0.2) is 4.90 Å². The quantitative estimate of drug-likeness (QED) is 0.743. The van der Waals surface area contributed by atoms with E-state index in [2.05, 4.69) is 0 Å². The maximum absolute atomic E-state index is 13.0. The third kappa shape index (κ3) is 4.38. The molecule has 0 aliphatic heterocycles. The summed E-state index contributed by atoms with van der Waals surface area (Å²) in [5, 5.41) is 0. The van der Waals surface area contributed by atoms with Crippen LogP contribution in [0.25, 0.3) is 0 Å². The zero-order valence-corrected chi connectivity index (χ0v) is 16.1. The van der Waals surface area contributed by atoms with E-state index in [9.17, 15) is 31.2 Å². The highest BCUT2D eigenvalue weighted by atomic mass is 32.2. The molecule has 0 aliphatic rings. The lowest BCUT2D eigenvalue weighted by molar-refractivity contribution is -0.137. The Morgan fingerprint density at radius 1 is 1.19 bits per heavy atom. The van der Waals surface area contributed by atoms with E-state index in [4.69, 9.17) is 0 Å². The van der Waals surface area contributed by atoms with E-state index in [-0.39, 0.29) is 10.6 Å². The molecule has 2 aromatic rings. The largest absolute Gasteiger partial charge is 0.416 e. The van der Waals surface area contributed by atoms with Crippen LogP contribution in [0.4, 0.5) is 18.9 Å². The molecule has 1 N–H and O–H groups in total. The number of halogens is 3. The highest BCUT2D eigenvalue weighted by molar-refractivity contribution is 7.99. The van der Waals surface area contributed by atoms with E-state index in [1.54, 1.807) is 6.92 Å². The van der Waals surface area contributed by atoms with Gasteiger partial charge in [0, 0.05) is 25.2 Å². The number of sulfonamides is 1. The molecule has 0 aliphatic carbocycles. The minimum absolute atomic E-state index is 0.274. The summed E-state index contributed by atoms with van der Waals surface area (Å²) >= 11 is 1.14. The van der Waals surface area contributed by atoms with Gasteiger partial charge in [-0.05, 0) is 24.0 Å². The van der Waals surface area contributed by atoms with Crippen LogP contribution in [0.3, 0.4) is 0 Å². The van der Waals surface area contributed by atoms with Crippen molar-refractivity contribution in [3.8, 4) is 0 Å². The van der Waals surface area contributed by atoms with E-state index in [1.165, 1.54) is 7.05 Å². The Morgan fingerprint density at radius 2 is 1.81 bits per heavy atom. The molecule has 0 spiro atoms. The number of nitrogens with zero attached hydrogens (tertiary/aromatic N) is 2. The van der Waals surface area contributed by atoms with Crippen molar-refractivity contribution < 1.29 is 21.6 Å². The summed E-state index contributed by atoms with van der Waals surface area (Å²) in [5.74, 6) is 0.488. The number of hydrogen-bond donors (Lipinski definition) is 1. The average Bonchev–Trinajstić information content (AvgIpc) is 2.56. The number of hydrogen-bond acceptors (Lipinski definition) is 5. The van der Waals surface area contributed by atoms with Gasteiger partial charge in [0.25, 0.3) is 15.6 Å². The van der Waals surface area contributed by atoms with Crippen LogP contribution in [0.15, 0.2) is 43.8 Å². The van der Waals surface area contributed by atoms with Gasteiger partial charge in [-0.15, -0.1) is 11.8 Å². The van der Waals surface area contributed by atoms with Crippen LogP contribution in [0, 0.1) is 0 Å². The van der Waals surface area contributed by atoms with Gasteiger partial charge in [-0.3, -0.25) is 14.1 Å². The molecule has 1 aromatic carbocycles. The van der Waals surface area contributed by atoms with Crippen LogP contribution >= 0.6 is 11.8 Å². The smallest absolute Gasteiger partial charge is 0.302 e. The molecule has 0 amide bonds. The predicted octanol–water partition coefficient (Wildman–Crippen LogP) is 2.02. The molecule has 0 bridgehead atoms. The molecule has 0 saturated heterocycles. The summed E-state index contributed by atoms with van der Waals surface area (Å²) < 4.78 is 67.7. The van der Waals surface area contributed by atoms with Crippen molar-refractivity contribution >= 4 is 27.5 Å². The van der Waals surface area contributed by atoms with E-state index < -0.39 is 37.9 Å².